The van der Waals surface area contributed by atoms with Crippen LogP contribution in [0.15, 0.2) is 29.2 Å². The summed E-state index contributed by atoms with van der Waals surface area (Å²) in [4.78, 5) is 14.7. The minimum absolute atomic E-state index is 0.0698. The lowest BCUT2D eigenvalue weighted by molar-refractivity contribution is 0.0372. The number of unbranched alkanes of at least 4 members (excludes halogenated alkanes) is 1. The van der Waals surface area contributed by atoms with Gasteiger partial charge in [0.15, 0.2) is 0 Å². The maximum atomic E-state index is 12.2. The highest BCUT2D eigenvalue weighted by atomic mass is 32.2. The summed E-state index contributed by atoms with van der Waals surface area (Å²) in [7, 11) is -3.47. The summed E-state index contributed by atoms with van der Waals surface area (Å²) >= 11 is 0. The van der Waals surface area contributed by atoms with E-state index in [1.165, 1.54) is 12.1 Å². The van der Waals surface area contributed by atoms with E-state index in [2.05, 4.69) is 14.9 Å². The van der Waals surface area contributed by atoms with Crippen molar-refractivity contribution in [3.8, 4) is 0 Å². The zero-order chi connectivity index (χ0) is 18.4. The molecule has 1 saturated carbocycles. The number of morpholine rings is 1. The van der Waals surface area contributed by atoms with Crippen LogP contribution in [0.2, 0.25) is 0 Å². The predicted octanol–water partition coefficient (Wildman–Crippen LogP) is 0.970. The Morgan fingerprint density at radius 3 is 2.46 bits per heavy atom. The van der Waals surface area contributed by atoms with Gasteiger partial charge in [-0.3, -0.25) is 9.69 Å². The van der Waals surface area contributed by atoms with Gasteiger partial charge in [-0.2, -0.15) is 0 Å². The maximum Gasteiger partial charge on any atom is 0.251 e. The maximum absolute atomic E-state index is 12.2. The van der Waals surface area contributed by atoms with Crippen molar-refractivity contribution in [3.05, 3.63) is 29.8 Å². The van der Waals surface area contributed by atoms with Gasteiger partial charge in [0.05, 0.1) is 18.1 Å². The van der Waals surface area contributed by atoms with Gasteiger partial charge >= 0.3 is 0 Å². The first kappa shape index (κ1) is 19.3. The van der Waals surface area contributed by atoms with Crippen LogP contribution < -0.4 is 10.0 Å². The number of ether oxygens (including phenoxy) is 1. The van der Waals surface area contributed by atoms with E-state index in [0.717, 1.165) is 58.5 Å². The number of amides is 1. The molecule has 1 amide bonds. The molecule has 2 fully saturated rings. The quantitative estimate of drug-likeness (QED) is 0.623. The molecule has 1 saturated heterocycles. The van der Waals surface area contributed by atoms with E-state index in [0.29, 0.717) is 12.1 Å². The number of nitrogens with one attached hydrogen (secondary N) is 2. The second-order valence-electron chi connectivity index (χ2n) is 6.84. The molecular weight excluding hydrogens is 354 g/mol. The molecule has 1 aliphatic carbocycles. The van der Waals surface area contributed by atoms with E-state index in [9.17, 15) is 13.2 Å². The van der Waals surface area contributed by atoms with Crippen molar-refractivity contribution in [3.63, 3.8) is 0 Å². The molecule has 1 aliphatic heterocycles. The van der Waals surface area contributed by atoms with Crippen LogP contribution >= 0.6 is 0 Å². The van der Waals surface area contributed by atoms with Crippen LogP contribution in [0.5, 0.6) is 0 Å². The number of rotatable bonds is 9. The molecule has 0 spiro atoms. The molecule has 0 radical (unpaired) electrons. The normalized spacial score (nSPS) is 18.6. The zero-order valence-corrected chi connectivity index (χ0v) is 15.8. The van der Waals surface area contributed by atoms with Crippen LogP contribution in [0.3, 0.4) is 0 Å². The van der Waals surface area contributed by atoms with E-state index in [-0.39, 0.29) is 16.8 Å². The molecule has 7 nitrogen and oxygen atoms in total. The third-order valence-corrected chi connectivity index (χ3v) is 6.15. The SMILES string of the molecule is O=C(NCCCCN1CCOCC1)c1ccc(S(=O)(=O)NC2CC2)cc1. The highest BCUT2D eigenvalue weighted by Gasteiger charge is 2.27. The summed E-state index contributed by atoms with van der Waals surface area (Å²) in [6.07, 6.45) is 3.74. The molecule has 8 heteroatoms. The number of sulfonamides is 1. The van der Waals surface area contributed by atoms with E-state index < -0.39 is 10.0 Å². The van der Waals surface area contributed by atoms with Crippen LogP contribution in [-0.2, 0) is 14.8 Å². The molecule has 0 atom stereocenters. The molecule has 1 aromatic rings. The summed E-state index contributed by atoms with van der Waals surface area (Å²) < 4.78 is 32.2. The van der Waals surface area contributed by atoms with Gasteiger partial charge < -0.3 is 10.1 Å². The van der Waals surface area contributed by atoms with E-state index in [4.69, 9.17) is 4.74 Å². The molecule has 1 heterocycles. The van der Waals surface area contributed by atoms with Crippen LogP contribution in [0, 0.1) is 0 Å². The number of hydrogen-bond acceptors (Lipinski definition) is 5. The first-order valence-electron chi connectivity index (χ1n) is 9.25. The number of benzene rings is 1. The first-order chi connectivity index (χ1) is 12.5. The van der Waals surface area contributed by atoms with Crippen LogP contribution in [0.4, 0.5) is 0 Å². The van der Waals surface area contributed by atoms with Crippen molar-refractivity contribution in [2.75, 3.05) is 39.4 Å². The van der Waals surface area contributed by atoms with Gasteiger partial charge in [0.1, 0.15) is 0 Å². The summed E-state index contributed by atoms with van der Waals surface area (Å²) in [6.45, 7) is 5.22. The molecule has 144 valence electrons. The first-order valence-corrected chi connectivity index (χ1v) is 10.7. The van der Waals surface area contributed by atoms with Crippen molar-refractivity contribution < 1.29 is 17.9 Å². The Bertz CT molecular complexity index is 696. The fraction of sp³-hybridized carbons (Fsp3) is 0.611. The molecule has 26 heavy (non-hydrogen) atoms. The molecule has 2 N–H and O–H groups in total. The standard InChI is InChI=1S/C18H27N3O4S/c22-18(19-9-1-2-10-21-11-13-25-14-12-21)15-3-7-17(8-4-15)26(23,24)20-16-5-6-16/h3-4,7-8,16,20H,1-2,5-6,9-14H2,(H,19,22). The number of carbonyl (C=O) groups is 1. The number of hydrogen-bond donors (Lipinski definition) is 2. The monoisotopic (exact) mass is 381 g/mol. The van der Waals surface area contributed by atoms with Gasteiger partial charge in [-0.15, -0.1) is 0 Å². The topological polar surface area (TPSA) is 87.7 Å². The Morgan fingerprint density at radius 1 is 1.12 bits per heavy atom. The molecule has 0 bridgehead atoms. The Labute approximate surface area is 155 Å². The van der Waals surface area contributed by atoms with Crippen molar-refractivity contribution >= 4 is 15.9 Å². The van der Waals surface area contributed by atoms with Crippen molar-refractivity contribution in [2.45, 2.75) is 36.6 Å². The summed E-state index contributed by atoms with van der Waals surface area (Å²) in [6, 6.07) is 6.16. The second kappa shape index (κ2) is 8.94. The van der Waals surface area contributed by atoms with Gasteiger partial charge in [0.2, 0.25) is 10.0 Å². The lowest BCUT2D eigenvalue weighted by Gasteiger charge is -2.26. The second-order valence-corrected chi connectivity index (χ2v) is 8.55. The molecule has 0 unspecified atom stereocenters. The van der Waals surface area contributed by atoms with E-state index in [1.54, 1.807) is 12.1 Å². The minimum atomic E-state index is -3.47. The molecule has 2 aliphatic rings. The Hall–Kier alpha value is -1.48. The average Bonchev–Trinajstić information content (AvgIpc) is 3.45. The Kier molecular flexibility index (Phi) is 6.63. The summed E-state index contributed by atoms with van der Waals surface area (Å²) in [5.41, 5.74) is 0.476. The van der Waals surface area contributed by atoms with Crippen molar-refractivity contribution in [2.24, 2.45) is 0 Å². The number of carbonyl (C=O) groups excluding carboxylic acids is 1. The lowest BCUT2D eigenvalue weighted by atomic mass is 10.2. The Morgan fingerprint density at radius 2 is 1.81 bits per heavy atom. The molecular formula is C18H27N3O4S. The van der Waals surface area contributed by atoms with Gasteiger partial charge in [0, 0.05) is 31.2 Å². The summed E-state index contributed by atoms with van der Waals surface area (Å²) in [5.74, 6) is -0.171. The molecule has 0 aromatic heterocycles. The highest BCUT2D eigenvalue weighted by molar-refractivity contribution is 7.89. The zero-order valence-electron chi connectivity index (χ0n) is 14.9. The third-order valence-electron chi connectivity index (χ3n) is 4.62. The number of nitrogens with zero attached hydrogens (tertiary/aromatic N) is 1. The summed E-state index contributed by atoms with van der Waals surface area (Å²) in [5, 5.41) is 2.89. The molecule has 1 aromatic carbocycles. The van der Waals surface area contributed by atoms with Gasteiger partial charge in [-0.25, -0.2) is 13.1 Å². The van der Waals surface area contributed by atoms with Crippen molar-refractivity contribution in [1.29, 1.82) is 0 Å². The van der Waals surface area contributed by atoms with Crippen LogP contribution in [-0.4, -0.2) is 64.7 Å². The van der Waals surface area contributed by atoms with Crippen molar-refractivity contribution in [1.82, 2.24) is 14.9 Å². The highest BCUT2D eigenvalue weighted by Crippen LogP contribution is 2.22. The predicted molar refractivity (Wildman–Crippen MR) is 98.6 cm³/mol. The smallest absolute Gasteiger partial charge is 0.251 e. The van der Waals surface area contributed by atoms with Gasteiger partial charge in [-0.05, 0) is 56.5 Å². The van der Waals surface area contributed by atoms with Crippen LogP contribution in [0.1, 0.15) is 36.0 Å². The minimum Gasteiger partial charge on any atom is -0.379 e. The molecule has 3 rings (SSSR count). The lowest BCUT2D eigenvalue weighted by Crippen LogP contribution is -2.37. The fourth-order valence-corrected chi connectivity index (χ4v) is 4.17. The fourth-order valence-electron chi connectivity index (χ4n) is 2.86. The largest absolute Gasteiger partial charge is 0.379 e. The van der Waals surface area contributed by atoms with E-state index in [1.807, 2.05) is 0 Å². The van der Waals surface area contributed by atoms with Gasteiger partial charge in [-0.1, -0.05) is 0 Å². The average molecular weight is 381 g/mol. The van der Waals surface area contributed by atoms with Crippen LogP contribution in [0.25, 0.3) is 0 Å². The third kappa shape index (κ3) is 5.77. The Balaban J connectivity index is 1.38. The van der Waals surface area contributed by atoms with E-state index >= 15 is 0 Å². The van der Waals surface area contributed by atoms with Gasteiger partial charge in [0.25, 0.3) is 5.91 Å².